The second kappa shape index (κ2) is 7.69. The number of thioether (sulfide) groups is 1. The van der Waals surface area contributed by atoms with Crippen molar-refractivity contribution in [1.29, 1.82) is 0 Å². The lowest BCUT2D eigenvalue weighted by Gasteiger charge is -2.07. The van der Waals surface area contributed by atoms with Crippen molar-refractivity contribution in [3.63, 3.8) is 0 Å². The standard InChI is InChI=1S/C19H18N6OS2/c1-12-6-4-5-7-16(12)25-19(21-22-23-25)28-11-17(26)15-10-13(2)24(14(15)3)18-20-8-9-27-18/h4-10H,11H2,1-3H3. The second-order valence-corrected chi connectivity index (χ2v) is 8.12. The number of carbonyl (C=O) groups is 1. The normalized spacial score (nSPS) is 11.1. The van der Waals surface area contributed by atoms with Gasteiger partial charge in [-0.15, -0.1) is 16.4 Å². The molecule has 0 saturated heterocycles. The Hall–Kier alpha value is -2.78. The molecule has 4 rings (SSSR count). The lowest BCUT2D eigenvalue weighted by molar-refractivity contribution is 0.102. The van der Waals surface area contributed by atoms with Crippen LogP contribution in [0.5, 0.6) is 0 Å². The quantitative estimate of drug-likeness (QED) is 0.355. The molecule has 0 amide bonds. The van der Waals surface area contributed by atoms with Crippen LogP contribution in [0.3, 0.4) is 0 Å². The average Bonchev–Trinajstić information content (AvgIpc) is 3.41. The Kier molecular flexibility index (Phi) is 5.10. The molecule has 0 atom stereocenters. The number of thiazole rings is 1. The first-order valence-corrected chi connectivity index (χ1v) is 10.5. The van der Waals surface area contributed by atoms with E-state index in [9.17, 15) is 4.79 Å². The third-order valence-electron chi connectivity index (χ3n) is 4.46. The minimum Gasteiger partial charge on any atom is -0.294 e. The number of ketones is 1. The van der Waals surface area contributed by atoms with Crippen molar-refractivity contribution >= 4 is 28.9 Å². The van der Waals surface area contributed by atoms with E-state index in [4.69, 9.17) is 0 Å². The maximum Gasteiger partial charge on any atom is 0.214 e. The maximum absolute atomic E-state index is 12.9. The number of aryl methyl sites for hydroxylation is 2. The molecule has 4 aromatic rings. The third kappa shape index (κ3) is 3.38. The first-order chi connectivity index (χ1) is 13.6. The molecular weight excluding hydrogens is 392 g/mol. The third-order valence-corrected chi connectivity index (χ3v) is 6.13. The zero-order chi connectivity index (χ0) is 19.7. The van der Waals surface area contributed by atoms with Crippen LogP contribution in [0, 0.1) is 20.8 Å². The lowest BCUT2D eigenvalue weighted by Crippen LogP contribution is -2.07. The van der Waals surface area contributed by atoms with Gasteiger partial charge in [0.15, 0.2) is 10.9 Å². The molecule has 0 saturated carbocycles. The van der Waals surface area contributed by atoms with Gasteiger partial charge in [-0.3, -0.25) is 9.36 Å². The largest absolute Gasteiger partial charge is 0.294 e. The van der Waals surface area contributed by atoms with Gasteiger partial charge >= 0.3 is 0 Å². The summed E-state index contributed by atoms with van der Waals surface area (Å²) in [5.74, 6) is 0.300. The predicted molar refractivity (Wildman–Crippen MR) is 110 cm³/mol. The Morgan fingerprint density at radius 3 is 2.79 bits per heavy atom. The van der Waals surface area contributed by atoms with Crippen molar-refractivity contribution in [3.05, 3.63) is 64.4 Å². The molecule has 0 radical (unpaired) electrons. The summed E-state index contributed by atoms with van der Waals surface area (Å²) in [5, 5.41) is 15.3. The summed E-state index contributed by atoms with van der Waals surface area (Å²) in [7, 11) is 0. The van der Waals surface area contributed by atoms with E-state index >= 15 is 0 Å². The number of aromatic nitrogens is 6. The van der Waals surface area contributed by atoms with Crippen LogP contribution in [-0.2, 0) is 0 Å². The fourth-order valence-electron chi connectivity index (χ4n) is 3.09. The van der Waals surface area contributed by atoms with Gasteiger partial charge in [0, 0.05) is 28.5 Å². The fourth-order valence-corrected chi connectivity index (χ4v) is 4.61. The zero-order valence-corrected chi connectivity index (χ0v) is 17.3. The van der Waals surface area contributed by atoms with Crippen molar-refractivity contribution in [2.75, 3.05) is 5.75 Å². The van der Waals surface area contributed by atoms with Crippen molar-refractivity contribution < 1.29 is 4.79 Å². The molecule has 0 aliphatic heterocycles. The molecule has 142 valence electrons. The van der Waals surface area contributed by atoms with Gasteiger partial charge in [0.2, 0.25) is 5.16 Å². The van der Waals surface area contributed by atoms with E-state index in [1.165, 1.54) is 11.8 Å². The van der Waals surface area contributed by atoms with Crippen LogP contribution in [0.25, 0.3) is 10.8 Å². The summed E-state index contributed by atoms with van der Waals surface area (Å²) in [6.45, 7) is 5.94. The number of tetrazole rings is 1. The van der Waals surface area contributed by atoms with E-state index in [1.807, 2.05) is 61.1 Å². The number of rotatable bonds is 6. The van der Waals surface area contributed by atoms with E-state index in [-0.39, 0.29) is 11.5 Å². The number of Topliss-reactive ketones (excluding diaryl/α,β-unsaturated/α-hetero) is 1. The molecule has 28 heavy (non-hydrogen) atoms. The number of hydrogen-bond donors (Lipinski definition) is 0. The Bertz CT molecular complexity index is 1130. The van der Waals surface area contributed by atoms with E-state index in [0.717, 1.165) is 27.8 Å². The van der Waals surface area contributed by atoms with Crippen molar-refractivity contribution in [1.82, 2.24) is 29.8 Å². The van der Waals surface area contributed by atoms with Gasteiger partial charge in [-0.1, -0.05) is 30.0 Å². The van der Waals surface area contributed by atoms with Crippen LogP contribution in [-0.4, -0.2) is 41.3 Å². The lowest BCUT2D eigenvalue weighted by atomic mass is 10.2. The van der Waals surface area contributed by atoms with Crippen LogP contribution in [0.15, 0.2) is 47.1 Å². The van der Waals surface area contributed by atoms with Crippen LogP contribution in [0.2, 0.25) is 0 Å². The highest BCUT2D eigenvalue weighted by molar-refractivity contribution is 7.99. The summed E-state index contributed by atoms with van der Waals surface area (Å²) in [5.41, 5.74) is 4.57. The van der Waals surface area contributed by atoms with Gasteiger partial charge in [-0.25, -0.2) is 4.98 Å². The maximum atomic E-state index is 12.9. The minimum atomic E-state index is 0.0419. The molecule has 0 bridgehead atoms. The van der Waals surface area contributed by atoms with E-state index in [1.54, 1.807) is 22.2 Å². The van der Waals surface area contributed by atoms with Crippen molar-refractivity contribution in [3.8, 4) is 10.8 Å². The molecule has 0 fully saturated rings. The number of nitrogens with zero attached hydrogens (tertiary/aromatic N) is 6. The molecule has 9 heteroatoms. The predicted octanol–water partition coefficient (Wildman–Crippen LogP) is 3.81. The molecule has 0 aliphatic carbocycles. The van der Waals surface area contributed by atoms with Crippen molar-refractivity contribution in [2.24, 2.45) is 0 Å². The van der Waals surface area contributed by atoms with Crippen molar-refractivity contribution in [2.45, 2.75) is 25.9 Å². The van der Waals surface area contributed by atoms with Gasteiger partial charge in [0.1, 0.15) is 0 Å². The minimum absolute atomic E-state index is 0.0419. The number of benzene rings is 1. The van der Waals surface area contributed by atoms with E-state index < -0.39 is 0 Å². The van der Waals surface area contributed by atoms with Crippen LogP contribution in [0.4, 0.5) is 0 Å². The molecule has 3 aromatic heterocycles. The Morgan fingerprint density at radius 2 is 2.04 bits per heavy atom. The number of para-hydroxylation sites is 1. The highest BCUT2D eigenvalue weighted by atomic mass is 32.2. The fraction of sp³-hybridized carbons (Fsp3) is 0.211. The Morgan fingerprint density at radius 1 is 1.21 bits per heavy atom. The van der Waals surface area contributed by atoms with Crippen LogP contribution in [0.1, 0.15) is 27.3 Å². The SMILES string of the molecule is Cc1ccccc1-n1nnnc1SCC(=O)c1cc(C)n(-c2nccs2)c1C. The smallest absolute Gasteiger partial charge is 0.214 e. The zero-order valence-electron chi connectivity index (χ0n) is 15.7. The first-order valence-electron chi connectivity index (χ1n) is 8.65. The van der Waals surface area contributed by atoms with Gasteiger partial charge in [0.25, 0.3) is 0 Å². The molecule has 0 spiro atoms. The molecular formula is C19H18N6OS2. The average molecular weight is 411 g/mol. The van der Waals surface area contributed by atoms with Gasteiger partial charge in [-0.2, -0.15) is 4.68 Å². The molecule has 0 aliphatic rings. The molecule has 7 nitrogen and oxygen atoms in total. The first kappa shape index (κ1) is 18.6. The molecule has 0 N–H and O–H groups in total. The topological polar surface area (TPSA) is 78.5 Å². The summed E-state index contributed by atoms with van der Waals surface area (Å²) in [6, 6.07) is 9.79. The highest BCUT2D eigenvalue weighted by Gasteiger charge is 2.19. The monoisotopic (exact) mass is 410 g/mol. The van der Waals surface area contributed by atoms with Crippen LogP contribution < -0.4 is 0 Å². The van der Waals surface area contributed by atoms with E-state index in [2.05, 4.69) is 20.5 Å². The Labute approximate surface area is 170 Å². The van der Waals surface area contributed by atoms with Gasteiger partial charge in [-0.05, 0) is 48.9 Å². The van der Waals surface area contributed by atoms with Gasteiger partial charge < -0.3 is 0 Å². The molecule has 0 unspecified atom stereocenters. The summed E-state index contributed by atoms with van der Waals surface area (Å²) in [6.07, 6.45) is 1.77. The summed E-state index contributed by atoms with van der Waals surface area (Å²) in [4.78, 5) is 17.2. The molecule has 1 aromatic carbocycles. The Balaban J connectivity index is 1.55. The van der Waals surface area contributed by atoms with Gasteiger partial charge in [0.05, 0.1) is 11.4 Å². The summed E-state index contributed by atoms with van der Waals surface area (Å²) < 4.78 is 3.69. The number of hydrogen-bond acceptors (Lipinski definition) is 7. The highest BCUT2D eigenvalue weighted by Crippen LogP contribution is 2.25. The van der Waals surface area contributed by atoms with Crippen LogP contribution >= 0.6 is 23.1 Å². The second-order valence-electron chi connectivity index (χ2n) is 6.31. The number of carbonyl (C=O) groups excluding carboxylic acids is 1. The summed E-state index contributed by atoms with van der Waals surface area (Å²) >= 11 is 2.88. The molecule has 3 heterocycles. The van der Waals surface area contributed by atoms with E-state index in [0.29, 0.717) is 10.7 Å².